The quantitative estimate of drug-likeness (QED) is 0.509. The van der Waals surface area contributed by atoms with Crippen molar-refractivity contribution in [3.63, 3.8) is 0 Å². The van der Waals surface area contributed by atoms with Gasteiger partial charge >= 0.3 is 6.18 Å². The third-order valence-corrected chi connectivity index (χ3v) is 6.39. The second-order valence-corrected chi connectivity index (χ2v) is 8.87. The summed E-state index contributed by atoms with van der Waals surface area (Å²) in [7, 11) is 0. The lowest BCUT2D eigenvalue weighted by Gasteiger charge is -2.33. The smallest absolute Gasteiger partial charge is 0.417 e. The summed E-state index contributed by atoms with van der Waals surface area (Å²) in [6.45, 7) is 7.77. The van der Waals surface area contributed by atoms with Gasteiger partial charge in [-0.25, -0.2) is 9.97 Å². The molecule has 0 spiro atoms. The molecule has 1 aliphatic rings. The van der Waals surface area contributed by atoms with Gasteiger partial charge in [0.15, 0.2) is 5.69 Å². The lowest BCUT2D eigenvalue weighted by atomic mass is 9.98. The van der Waals surface area contributed by atoms with Crippen LogP contribution in [0.2, 0.25) is 0 Å². The zero-order valence-corrected chi connectivity index (χ0v) is 19.9. The van der Waals surface area contributed by atoms with Crippen molar-refractivity contribution < 1.29 is 22.7 Å². The summed E-state index contributed by atoms with van der Waals surface area (Å²) in [5.74, 6) is -0.00740. The van der Waals surface area contributed by atoms with Crippen LogP contribution in [-0.4, -0.2) is 54.0 Å². The Balaban J connectivity index is 1.63. The third kappa shape index (κ3) is 4.98. The van der Waals surface area contributed by atoms with Gasteiger partial charge in [0.2, 0.25) is 5.88 Å². The fourth-order valence-corrected chi connectivity index (χ4v) is 4.71. The van der Waals surface area contributed by atoms with Crippen LogP contribution >= 0.6 is 0 Å². The zero-order valence-electron chi connectivity index (χ0n) is 19.9. The average molecular weight is 489 g/mol. The van der Waals surface area contributed by atoms with E-state index in [-0.39, 0.29) is 35.5 Å². The van der Waals surface area contributed by atoms with Gasteiger partial charge in [0.05, 0.1) is 24.0 Å². The van der Waals surface area contributed by atoms with Gasteiger partial charge in [-0.3, -0.25) is 4.79 Å². The Morgan fingerprint density at radius 2 is 1.91 bits per heavy atom. The van der Waals surface area contributed by atoms with Crippen LogP contribution < -0.4 is 4.74 Å². The summed E-state index contributed by atoms with van der Waals surface area (Å²) in [5, 5.41) is 8.33. The largest absolute Gasteiger partial charge is 0.472 e. The molecular weight excluding hydrogens is 461 g/mol. The van der Waals surface area contributed by atoms with Gasteiger partial charge in [-0.2, -0.15) is 23.4 Å². The standard InChI is InChI=1S/C24H27F3N6O2/c1-5-18-15(3)11-19(16(4)35-21-7-6-17(13-28-21)24(25,26)27)32(18)23(34)22-20(10-14(2)12-29-22)33-30-8-9-31-33/h6-10,12-13,15-16,18-19H,5,11H2,1-4H3. The van der Waals surface area contributed by atoms with E-state index in [4.69, 9.17) is 4.74 Å². The second kappa shape index (κ2) is 9.63. The molecule has 0 radical (unpaired) electrons. The Morgan fingerprint density at radius 1 is 1.20 bits per heavy atom. The number of hydrogen-bond acceptors (Lipinski definition) is 6. The second-order valence-electron chi connectivity index (χ2n) is 8.87. The molecule has 0 bridgehead atoms. The summed E-state index contributed by atoms with van der Waals surface area (Å²) in [5.41, 5.74) is 0.715. The lowest BCUT2D eigenvalue weighted by Crippen LogP contribution is -2.48. The maximum atomic E-state index is 13.9. The molecule has 0 saturated carbocycles. The fourth-order valence-electron chi connectivity index (χ4n) is 4.71. The van der Waals surface area contributed by atoms with Gasteiger partial charge in [0, 0.05) is 24.5 Å². The minimum atomic E-state index is -4.47. The maximum absolute atomic E-state index is 13.9. The van der Waals surface area contributed by atoms with Crippen molar-refractivity contribution in [3.8, 4) is 11.6 Å². The first-order valence-electron chi connectivity index (χ1n) is 11.5. The van der Waals surface area contributed by atoms with Crippen molar-refractivity contribution in [2.75, 3.05) is 0 Å². The molecule has 4 unspecified atom stereocenters. The highest BCUT2D eigenvalue weighted by Crippen LogP contribution is 2.36. The number of nitrogens with zero attached hydrogens (tertiary/aromatic N) is 6. The molecule has 11 heteroatoms. The number of alkyl halides is 3. The molecular formula is C24H27F3N6O2. The summed E-state index contributed by atoms with van der Waals surface area (Å²) in [4.78, 5) is 25.3. The highest BCUT2D eigenvalue weighted by atomic mass is 19.4. The van der Waals surface area contributed by atoms with Crippen molar-refractivity contribution in [1.29, 1.82) is 0 Å². The molecule has 0 aromatic carbocycles. The number of amides is 1. The SMILES string of the molecule is CCC1C(C)CC(C(C)Oc2ccc(C(F)(F)F)cn2)N1C(=O)c1ncc(C)cc1-n1nccn1. The van der Waals surface area contributed by atoms with Crippen molar-refractivity contribution >= 4 is 5.91 Å². The molecule has 0 aliphatic carbocycles. The minimum Gasteiger partial charge on any atom is -0.472 e. The van der Waals surface area contributed by atoms with Gasteiger partial charge < -0.3 is 9.64 Å². The highest BCUT2D eigenvalue weighted by molar-refractivity contribution is 5.96. The van der Waals surface area contributed by atoms with Gasteiger partial charge in [-0.15, -0.1) is 4.80 Å². The molecule has 1 amide bonds. The molecule has 4 atom stereocenters. The molecule has 0 N–H and O–H groups in total. The Hall–Kier alpha value is -3.50. The topological polar surface area (TPSA) is 86.0 Å². The molecule has 8 nitrogen and oxygen atoms in total. The van der Waals surface area contributed by atoms with Crippen LogP contribution in [0.3, 0.4) is 0 Å². The van der Waals surface area contributed by atoms with E-state index in [9.17, 15) is 18.0 Å². The van der Waals surface area contributed by atoms with Gasteiger partial charge in [0.25, 0.3) is 5.91 Å². The number of pyridine rings is 2. The van der Waals surface area contributed by atoms with E-state index in [0.29, 0.717) is 12.1 Å². The number of likely N-dealkylation sites (tertiary alicyclic amines) is 1. The predicted molar refractivity (Wildman–Crippen MR) is 121 cm³/mol. The van der Waals surface area contributed by atoms with E-state index < -0.39 is 17.8 Å². The van der Waals surface area contributed by atoms with Gasteiger partial charge in [-0.1, -0.05) is 13.8 Å². The molecule has 186 valence electrons. The number of carbonyl (C=O) groups is 1. The number of carbonyl (C=O) groups excluding carboxylic acids is 1. The highest BCUT2D eigenvalue weighted by Gasteiger charge is 2.45. The first-order chi connectivity index (χ1) is 16.6. The van der Waals surface area contributed by atoms with E-state index in [0.717, 1.165) is 24.2 Å². The number of aryl methyl sites for hydroxylation is 1. The first kappa shape index (κ1) is 24.6. The third-order valence-electron chi connectivity index (χ3n) is 6.39. The lowest BCUT2D eigenvalue weighted by molar-refractivity contribution is -0.137. The molecule has 1 fully saturated rings. The Morgan fingerprint density at radius 3 is 2.51 bits per heavy atom. The number of rotatable bonds is 6. The number of aromatic nitrogens is 5. The van der Waals surface area contributed by atoms with E-state index in [1.54, 1.807) is 18.0 Å². The van der Waals surface area contributed by atoms with Crippen LogP contribution in [0.15, 0.2) is 43.0 Å². The average Bonchev–Trinajstić information content (AvgIpc) is 3.46. The monoisotopic (exact) mass is 488 g/mol. The van der Waals surface area contributed by atoms with Crippen LogP contribution in [0.4, 0.5) is 13.2 Å². The molecule has 4 rings (SSSR count). The molecule has 4 heterocycles. The summed E-state index contributed by atoms with van der Waals surface area (Å²) in [6.07, 6.45) is 1.84. The minimum absolute atomic E-state index is 0.0550. The summed E-state index contributed by atoms with van der Waals surface area (Å²) >= 11 is 0. The van der Waals surface area contributed by atoms with E-state index >= 15 is 0 Å². The number of hydrogen-bond donors (Lipinski definition) is 0. The fraction of sp³-hybridized carbons (Fsp3) is 0.458. The van der Waals surface area contributed by atoms with Crippen LogP contribution in [-0.2, 0) is 6.18 Å². The summed E-state index contributed by atoms with van der Waals surface area (Å²) in [6, 6.07) is 3.56. The Labute approximate surface area is 201 Å². The van der Waals surface area contributed by atoms with Crippen molar-refractivity contribution in [1.82, 2.24) is 29.9 Å². The van der Waals surface area contributed by atoms with Crippen molar-refractivity contribution in [2.45, 2.75) is 64.9 Å². The van der Waals surface area contributed by atoms with Crippen LogP contribution in [0.5, 0.6) is 5.88 Å². The van der Waals surface area contributed by atoms with E-state index in [1.165, 1.54) is 23.3 Å². The van der Waals surface area contributed by atoms with Gasteiger partial charge in [-0.05, 0) is 50.3 Å². The van der Waals surface area contributed by atoms with E-state index in [1.807, 2.05) is 19.9 Å². The Kier molecular flexibility index (Phi) is 6.77. The predicted octanol–water partition coefficient (Wildman–Crippen LogP) is 4.48. The summed E-state index contributed by atoms with van der Waals surface area (Å²) < 4.78 is 44.5. The van der Waals surface area contributed by atoms with Crippen LogP contribution in [0.25, 0.3) is 5.69 Å². The first-order valence-corrected chi connectivity index (χ1v) is 11.5. The van der Waals surface area contributed by atoms with Crippen LogP contribution in [0, 0.1) is 12.8 Å². The Bertz CT molecular complexity index is 1170. The van der Waals surface area contributed by atoms with E-state index in [2.05, 4.69) is 27.1 Å². The van der Waals surface area contributed by atoms with Gasteiger partial charge in [0.1, 0.15) is 11.8 Å². The molecule has 1 saturated heterocycles. The van der Waals surface area contributed by atoms with Crippen molar-refractivity contribution in [2.24, 2.45) is 5.92 Å². The maximum Gasteiger partial charge on any atom is 0.417 e. The molecule has 35 heavy (non-hydrogen) atoms. The zero-order chi connectivity index (χ0) is 25.3. The normalized spacial score (nSPS) is 21.2. The molecule has 3 aromatic rings. The molecule has 3 aromatic heterocycles. The number of ether oxygens (including phenoxy) is 1. The molecule has 1 aliphatic heterocycles. The van der Waals surface area contributed by atoms with Crippen molar-refractivity contribution in [3.05, 3.63) is 59.8 Å². The number of halogens is 3. The van der Waals surface area contributed by atoms with Crippen LogP contribution in [0.1, 0.15) is 55.2 Å².